The minimum atomic E-state index is -3.73. The first-order chi connectivity index (χ1) is 13.1. The van der Waals surface area contributed by atoms with Gasteiger partial charge in [-0.2, -0.15) is 13.1 Å². The minimum Gasteiger partial charge on any atom is -0.353 e. The number of nitrogens with one attached hydrogen (secondary N) is 1. The van der Waals surface area contributed by atoms with Crippen molar-refractivity contribution in [2.75, 3.05) is 4.31 Å². The maximum absolute atomic E-state index is 12.9. The van der Waals surface area contributed by atoms with Crippen LogP contribution in [0.25, 0.3) is 0 Å². The molecular weight excluding hydrogens is 360 g/mol. The lowest BCUT2D eigenvalue weighted by Crippen LogP contribution is -2.47. The second kappa shape index (κ2) is 7.52. The smallest absolute Gasteiger partial charge is 0.304 e. The zero-order valence-electron chi connectivity index (χ0n) is 14.7. The molecule has 1 heterocycles. The van der Waals surface area contributed by atoms with Crippen LogP contribution in [0.5, 0.6) is 0 Å². The molecule has 0 amide bonds. The molecule has 1 atom stereocenters. The Morgan fingerprint density at radius 2 is 1.41 bits per heavy atom. The standard InChI is InChI=1S/C21H20N2O3S/c24-27(25)22-21(26-16-18-11-5-2-6-12-18)19-13-7-8-14-20(19)23(27)15-17-9-3-1-4-10-17/h1-14,21-22H,15-16H2. The highest BCUT2D eigenvalue weighted by molar-refractivity contribution is 7.90. The highest BCUT2D eigenvalue weighted by Gasteiger charge is 2.35. The normalized spacial score (nSPS) is 18.1. The third-order valence-corrected chi connectivity index (χ3v) is 5.88. The predicted molar refractivity (Wildman–Crippen MR) is 105 cm³/mol. The molecule has 5 nitrogen and oxygen atoms in total. The summed E-state index contributed by atoms with van der Waals surface area (Å²) >= 11 is 0. The van der Waals surface area contributed by atoms with Crippen molar-refractivity contribution in [3.8, 4) is 0 Å². The second-order valence-corrected chi connectivity index (χ2v) is 7.98. The zero-order valence-corrected chi connectivity index (χ0v) is 15.5. The number of hydrogen-bond donors (Lipinski definition) is 1. The highest BCUT2D eigenvalue weighted by Crippen LogP contribution is 2.35. The number of ether oxygens (including phenoxy) is 1. The molecule has 0 aromatic heterocycles. The van der Waals surface area contributed by atoms with E-state index in [1.165, 1.54) is 4.31 Å². The summed E-state index contributed by atoms with van der Waals surface area (Å²) in [7, 11) is -3.73. The van der Waals surface area contributed by atoms with Gasteiger partial charge in [-0.15, -0.1) is 0 Å². The molecule has 0 radical (unpaired) electrons. The first kappa shape index (κ1) is 17.7. The average Bonchev–Trinajstić information content (AvgIpc) is 2.70. The first-order valence-corrected chi connectivity index (χ1v) is 10.2. The van der Waals surface area contributed by atoms with Gasteiger partial charge in [0.1, 0.15) is 0 Å². The summed E-state index contributed by atoms with van der Waals surface area (Å²) < 4.78 is 35.8. The van der Waals surface area contributed by atoms with Crippen molar-refractivity contribution in [1.82, 2.24) is 4.72 Å². The maximum atomic E-state index is 12.9. The van der Waals surface area contributed by atoms with Crippen molar-refractivity contribution in [2.45, 2.75) is 19.4 Å². The van der Waals surface area contributed by atoms with Crippen LogP contribution in [0.4, 0.5) is 5.69 Å². The maximum Gasteiger partial charge on any atom is 0.304 e. The molecule has 138 valence electrons. The summed E-state index contributed by atoms with van der Waals surface area (Å²) in [6.07, 6.45) is -0.724. The monoisotopic (exact) mass is 380 g/mol. The molecule has 0 bridgehead atoms. The number of fused-ring (bicyclic) bond motifs is 1. The van der Waals surface area contributed by atoms with Crippen LogP contribution >= 0.6 is 0 Å². The molecule has 3 aromatic carbocycles. The molecule has 1 unspecified atom stereocenters. The average molecular weight is 380 g/mol. The van der Waals surface area contributed by atoms with Gasteiger partial charge in [0.15, 0.2) is 6.23 Å². The fourth-order valence-corrected chi connectivity index (χ4v) is 4.46. The third kappa shape index (κ3) is 3.88. The van der Waals surface area contributed by atoms with Crippen molar-refractivity contribution < 1.29 is 13.2 Å². The highest BCUT2D eigenvalue weighted by atomic mass is 32.2. The summed E-state index contributed by atoms with van der Waals surface area (Å²) in [6, 6.07) is 26.7. The second-order valence-electron chi connectivity index (χ2n) is 6.35. The van der Waals surface area contributed by atoms with E-state index in [2.05, 4.69) is 4.72 Å². The topological polar surface area (TPSA) is 58.6 Å². The summed E-state index contributed by atoms with van der Waals surface area (Å²) in [5.41, 5.74) is 3.35. The molecule has 0 aliphatic carbocycles. The van der Waals surface area contributed by atoms with Gasteiger partial charge in [0.05, 0.1) is 18.8 Å². The fourth-order valence-electron chi connectivity index (χ4n) is 3.13. The third-order valence-electron chi connectivity index (χ3n) is 4.46. The zero-order chi connectivity index (χ0) is 18.7. The van der Waals surface area contributed by atoms with Crippen LogP contribution in [-0.2, 0) is 28.1 Å². The van der Waals surface area contributed by atoms with Crippen molar-refractivity contribution in [2.24, 2.45) is 0 Å². The number of nitrogens with zero attached hydrogens (tertiary/aromatic N) is 1. The van der Waals surface area contributed by atoms with Gasteiger partial charge in [-0.25, -0.2) is 0 Å². The van der Waals surface area contributed by atoms with E-state index < -0.39 is 16.4 Å². The molecule has 0 saturated heterocycles. The van der Waals surface area contributed by atoms with Gasteiger partial charge in [0.25, 0.3) is 0 Å². The molecule has 0 fully saturated rings. The predicted octanol–water partition coefficient (Wildman–Crippen LogP) is 3.76. The summed E-state index contributed by atoms with van der Waals surface area (Å²) in [4.78, 5) is 0. The van der Waals surface area contributed by atoms with E-state index in [4.69, 9.17) is 4.74 Å². The Morgan fingerprint density at radius 1 is 0.815 bits per heavy atom. The molecule has 1 N–H and O–H groups in total. The fraction of sp³-hybridized carbons (Fsp3) is 0.143. The van der Waals surface area contributed by atoms with E-state index in [1.54, 1.807) is 0 Å². The van der Waals surface area contributed by atoms with Crippen LogP contribution in [0.3, 0.4) is 0 Å². The largest absolute Gasteiger partial charge is 0.353 e. The molecule has 0 spiro atoms. The SMILES string of the molecule is O=S1(=O)NC(OCc2ccccc2)c2ccccc2N1Cc1ccccc1. The number of rotatable bonds is 5. The molecule has 1 aliphatic rings. The first-order valence-electron chi connectivity index (χ1n) is 8.72. The van der Waals surface area contributed by atoms with Gasteiger partial charge in [0.2, 0.25) is 0 Å². The Hall–Kier alpha value is -2.67. The lowest BCUT2D eigenvalue weighted by atomic mass is 10.1. The van der Waals surface area contributed by atoms with Crippen molar-refractivity contribution in [1.29, 1.82) is 0 Å². The molecule has 0 saturated carbocycles. The van der Waals surface area contributed by atoms with Crippen molar-refractivity contribution >= 4 is 15.9 Å². The van der Waals surface area contributed by atoms with E-state index >= 15 is 0 Å². The van der Waals surface area contributed by atoms with E-state index in [-0.39, 0.29) is 6.54 Å². The molecule has 3 aromatic rings. The summed E-state index contributed by atoms with van der Waals surface area (Å²) in [5.74, 6) is 0. The van der Waals surface area contributed by atoms with Crippen molar-refractivity contribution in [3.63, 3.8) is 0 Å². The van der Waals surface area contributed by atoms with Crippen LogP contribution in [0, 0.1) is 0 Å². The Kier molecular flexibility index (Phi) is 4.94. The van der Waals surface area contributed by atoms with Crippen LogP contribution in [0.15, 0.2) is 84.9 Å². The molecule has 1 aliphatic heterocycles. The number of anilines is 1. The molecule has 4 rings (SSSR count). The van der Waals surface area contributed by atoms with Crippen LogP contribution in [0.2, 0.25) is 0 Å². The van der Waals surface area contributed by atoms with E-state index in [1.807, 2.05) is 84.9 Å². The lowest BCUT2D eigenvalue weighted by molar-refractivity contribution is 0.0312. The van der Waals surface area contributed by atoms with Crippen molar-refractivity contribution in [3.05, 3.63) is 102 Å². The van der Waals surface area contributed by atoms with Gasteiger partial charge in [0, 0.05) is 5.56 Å². The quantitative estimate of drug-likeness (QED) is 0.733. The number of benzene rings is 3. The van der Waals surface area contributed by atoms with Gasteiger partial charge in [-0.3, -0.25) is 4.31 Å². The summed E-state index contributed by atoms with van der Waals surface area (Å²) in [6.45, 7) is 0.583. The number of hydrogen-bond acceptors (Lipinski definition) is 3. The Morgan fingerprint density at radius 3 is 2.11 bits per heavy atom. The van der Waals surface area contributed by atoms with Gasteiger partial charge in [-0.05, 0) is 17.2 Å². The van der Waals surface area contributed by atoms with Gasteiger partial charge >= 0.3 is 10.2 Å². The molecule has 6 heteroatoms. The molecule has 27 heavy (non-hydrogen) atoms. The van der Waals surface area contributed by atoms with Crippen LogP contribution in [-0.4, -0.2) is 8.42 Å². The number of para-hydroxylation sites is 1. The Labute approximate surface area is 159 Å². The minimum absolute atomic E-state index is 0.262. The Balaban J connectivity index is 1.63. The van der Waals surface area contributed by atoms with Crippen LogP contribution < -0.4 is 9.03 Å². The lowest BCUT2D eigenvalue weighted by Gasteiger charge is -2.35. The Bertz CT molecular complexity index is 1010. The van der Waals surface area contributed by atoms with Gasteiger partial charge < -0.3 is 4.74 Å². The summed E-state index contributed by atoms with van der Waals surface area (Å²) in [5, 5.41) is 0. The van der Waals surface area contributed by atoms with E-state index in [0.717, 1.165) is 16.7 Å². The van der Waals surface area contributed by atoms with Crippen LogP contribution in [0.1, 0.15) is 22.9 Å². The molecular formula is C21H20N2O3S. The van der Waals surface area contributed by atoms with E-state index in [0.29, 0.717) is 12.3 Å². The van der Waals surface area contributed by atoms with Gasteiger partial charge in [-0.1, -0.05) is 78.9 Å². The van der Waals surface area contributed by atoms with E-state index in [9.17, 15) is 8.42 Å².